The first-order valence-electron chi connectivity index (χ1n) is 11.0. The van der Waals surface area contributed by atoms with E-state index in [4.69, 9.17) is 9.47 Å². The van der Waals surface area contributed by atoms with Gasteiger partial charge in [0.2, 0.25) is 0 Å². The van der Waals surface area contributed by atoms with Crippen LogP contribution in [0.2, 0.25) is 0 Å². The molecule has 1 amide bonds. The summed E-state index contributed by atoms with van der Waals surface area (Å²) in [6, 6.07) is 6.31. The van der Waals surface area contributed by atoms with Crippen molar-refractivity contribution < 1.29 is 14.3 Å². The number of hydrogen-bond acceptors (Lipinski definition) is 6. The van der Waals surface area contributed by atoms with Gasteiger partial charge in [-0.3, -0.25) is 9.88 Å². The van der Waals surface area contributed by atoms with Gasteiger partial charge in [0.05, 0.1) is 19.3 Å². The number of anilines is 2. The number of thioether (sulfide) groups is 1. The zero-order valence-electron chi connectivity index (χ0n) is 20.3. The normalized spacial score (nSPS) is 14.3. The van der Waals surface area contributed by atoms with Crippen LogP contribution in [-0.4, -0.2) is 48.4 Å². The Kier molecular flexibility index (Phi) is 7.59. The third-order valence-corrected chi connectivity index (χ3v) is 6.35. The highest BCUT2D eigenvalue weighted by Crippen LogP contribution is 2.31. The highest BCUT2D eigenvalue weighted by atomic mass is 32.2. The number of benzene rings is 1. The van der Waals surface area contributed by atoms with Gasteiger partial charge in [0.25, 0.3) is 0 Å². The lowest BCUT2D eigenvalue weighted by molar-refractivity contribution is 0.0577. The first-order valence-corrected chi connectivity index (χ1v) is 12.2. The molecule has 3 rings (SSSR count). The summed E-state index contributed by atoms with van der Waals surface area (Å²) >= 11 is 1.98. The van der Waals surface area contributed by atoms with Crippen molar-refractivity contribution in [3.05, 3.63) is 46.8 Å². The standard InChI is InChI=1S/C25H35N3O3S/c1-17-12-20(27-8-10-32-11-9-27)14-21(13-17)28(24(29)31-25(4,5)6)16-22-19(3)23(30-7)18(2)15-26-22/h12-15H,8-11,16H2,1-7H3. The molecule has 0 bridgehead atoms. The van der Waals surface area contributed by atoms with Gasteiger partial charge in [0, 0.05) is 53.3 Å². The minimum atomic E-state index is -0.598. The minimum absolute atomic E-state index is 0.302. The molecular weight excluding hydrogens is 422 g/mol. The lowest BCUT2D eigenvalue weighted by atomic mass is 10.1. The Bertz CT molecular complexity index is 966. The van der Waals surface area contributed by atoms with E-state index in [0.29, 0.717) is 6.54 Å². The number of rotatable bonds is 5. The van der Waals surface area contributed by atoms with Gasteiger partial charge in [0.1, 0.15) is 11.4 Å². The van der Waals surface area contributed by atoms with Crippen LogP contribution in [0.4, 0.5) is 16.2 Å². The van der Waals surface area contributed by atoms with Gasteiger partial charge in [-0.1, -0.05) is 0 Å². The van der Waals surface area contributed by atoms with Gasteiger partial charge < -0.3 is 14.4 Å². The zero-order chi connectivity index (χ0) is 23.5. The summed E-state index contributed by atoms with van der Waals surface area (Å²) in [7, 11) is 1.66. The molecule has 1 saturated heterocycles. The molecule has 1 aromatic heterocycles. The molecule has 1 aliphatic rings. The fourth-order valence-electron chi connectivity index (χ4n) is 3.86. The summed E-state index contributed by atoms with van der Waals surface area (Å²) in [5.41, 5.74) is 5.15. The Hall–Kier alpha value is -2.41. The number of methoxy groups -OCH3 is 1. The Morgan fingerprint density at radius 2 is 1.84 bits per heavy atom. The minimum Gasteiger partial charge on any atom is -0.496 e. The molecule has 1 aromatic carbocycles. The summed E-state index contributed by atoms with van der Waals surface area (Å²) in [6.07, 6.45) is 1.41. The largest absolute Gasteiger partial charge is 0.496 e. The van der Waals surface area contributed by atoms with Crippen LogP contribution in [0.15, 0.2) is 24.4 Å². The average molecular weight is 458 g/mol. The smallest absolute Gasteiger partial charge is 0.415 e. The van der Waals surface area contributed by atoms with E-state index in [1.807, 2.05) is 52.4 Å². The second-order valence-corrected chi connectivity index (χ2v) is 10.5. The number of pyridine rings is 1. The van der Waals surface area contributed by atoms with E-state index in [0.717, 1.165) is 64.1 Å². The molecule has 0 unspecified atom stereocenters. The second kappa shape index (κ2) is 10.0. The molecule has 6 nitrogen and oxygen atoms in total. The zero-order valence-corrected chi connectivity index (χ0v) is 21.1. The van der Waals surface area contributed by atoms with Crippen molar-refractivity contribution in [3.63, 3.8) is 0 Å². The van der Waals surface area contributed by atoms with Gasteiger partial charge in [-0.05, 0) is 65.3 Å². The van der Waals surface area contributed by atoms with Crippen molar-refractivity contribution in [3.8, 4) is 5.75 Å². The highest BCUT2D eigenvalue weighted by Gasteiger charge is 2.26. The lowest BCUT2D eigenvalue weighted by Crippen LogP contribution is -2.37. The molecule has 0 saturated carbocycles. The van der Waals surface area contributed by atoms with E-state index in [9.17, 15) is 4.79 Å². The van der Waals surface area contributed by atoms with Gasteiger partial charge >= 0.3 is 6.09 Å². The number of carbonyl (C=O) groups excluding carboxylic acids is 1. The molecule has 0 aliphatic carbocycles. The summed E-state index contributed by atoms with van der Waals surface area (Å²) in [5.74, 6) is 3.03. The quantitative estimate of drug-likeness (QED) is 0.590. The molecule has 1 aliphatic heterocycles. The number of ether oxygens (including phenoxy) is 2. The number of nitrogens with zero attached hydrogens (tertiary/aromatic N) is 3. The Balaban J connectivity index is 2.02. The lowest BCUT2D eigenvalue weighted by Gasteiger charge is -2.31. The van der Waals surface area contributed by atoms with Crippen LogP contribution in [0.5, 0.6) is 5.75 Å². The summed E-state index contributed by atoms with van der Waals surface area (Å²) in [6.45, 7) is 14.0. The Morgan fingerprint density at radius 3 is 2.47 bits per heavy atom. The maximum absolute atomic E-state index is 13.3. The third kappa shape index (κ3) is 5.88. The molecule has 2 aromatic rings. The molecular formula is C25H35N3O3S. The number of amides is 1. The maximum atomic E-state index is 13.3. The molecule has 1 fully saturated rings. The Labute approximate surface area is 196 Å². The highest BCUT2D eigenvalue weighted by molar-refractivity contribution is 7.99. The number of aromatic nitrogens is 1. The number of aryl methyl sites for hydroxylation is 2. The fraction of sp³-hybridized carbons (Fsp3) is 0.520. The van der Waals surface area contributed by atoms with Crippen LogP contribution >= 0.6 is 11.8 Å². The molecule has 0 radical (unpaired) electrons. The van der Waals surface area contributed by atoms with Crippen LogP contribution in [0.3, 0.4) is 0 Å². The van der Waals surface area contributed by atoms with Crippen molar-refractivity contribution in [2.24, 2.45) is 0 Å². The van der Waals surface area contributed by atoms with Crippen molar-refractivity contribution >= 4 is 29.2 Å². The number of hydrogen-bond donors (Lipinski definition) is 0. The van der Waals surface area contributed by atoms with E-state index < -0.39 is 5.60 Å². The Morgan fingerprint density at radius 1 is 1.16 bits per heavy atom. The van der Waals surface area contributed by atoms with Gasteiger partial charge in [-0.2, -0.15) is 11.8 Å². The molecule has 2 heterocycles. The summed E-state index contributed by atoms with van der Waals surface area (Å²) < 4.78 is 11.4. The second-order valence-electron chi connectivity index (χ2n) is 9.24. The molecule has 7 heteroatoms. The van der Waals surface area contributed by atoms with Gasteiger partial charge in [-0.15, -0.1) is 0 Å². The topological polar surface area (TPSA) is 54.9 Å². The van der Waals surface area contributed by atoms with E-state index in [1.54, 1.807) is 18.2 Å². The predicted octanol–water partition coefficient (Wildman–Crippen LogP) is 5.51. The van der Waals surface area contributed by atoms with Gasteiger partial charge in [0.15, 0.2) is 0 Å². The van der Waals surface area contributed by atoms with E-state index in [2.05, 4.69) is 28.9 Å². The monoisotopic (exact) mass is 457 g/mol. The van der Waals surface area contributed by atoms with E-state index in [1.165, 1.54) is 0 Å². The van der Waals surface area contributed by atoms with Crippen molar-refractivity contribution in [2.45, 2.75) is 53.7 Å². The average Bonchev–Trinajstić information content (AvgIpc) is 2.72. The predicted molar refractivity (Wildman–Crippen MR) is 133 cm³/mol. The first kappa shape index (κ1) is 24.2. The summed E-state index contributed by atoms with van der Waals surface area (Å²) in [5, 5.41) is 0. The molecule has 174 valence electrons. The summed E-state index contributed by atoms with van der Waals surface area (Å²) in [4.78, 5) is 22.0. The van der Waals surface area contributed by atoms with Crippen LogP contribution in [-0.2, 0) is 11.3 Å². The van der Waals surface area contributed by atoms with Crippen LogP contribution in [0.25, 0.3) is 0 Å². The number of carbonyl (C=O) groups is 1. The maximum Gasteiger partial charge on any atom is 0.415 e. The van der Waals surface area contributed by atoms with Crippen LogP contribution in [0, 0.1) is 20.8 Å². The van der Waals surface area contributed by atoms with E-state index in [-0.39, 0.29) is 6.09 Å². The third-order valence-electron chi connectivity index (χ3n) is 5.41. The molecule has 0 N–H and O–H groups in total. The van der Waals surface area contributed by atoms with Crippen LogP contribution in [0.1, 0.15) is 43.2 Å². The fourth-order valence-corrected chi connectivity index (χ4v) is 4.76. The van der Waals surface area contributed by atoms with Gasteiger partial charge in [-0.25, -0.2) is 4.79 Å². The van der Waals surface area contributed by atoms with E-state index >= 15 is 0 Å². The van der Waals surface area contributed by atoms with Crippen molar-refractivity contribution in [1.29, 1.82) is 0 Å². The van der Waals surface area contributed by atoms with Crippen molar-refractivity contribution in [2.75, 3.05) is 41.5 Å². The first-order chi connectivity index (χ1) is 15.1. The molecule has 32 heavy (non-hydrogen) atoms. The SMILES string of the molecule is COc1c(C)cnc(CN(C(=O)OC(C)(C)C)c2cc(C)cc(N3CCSCC3)c2)c1C. The van der Waals surface area contributed by atoms with Crippen molar-refractivity contribution in [1.82, 2.24) is 4.98 Å². The van der Waals surface area contributed by atoms with Crippen LogP contribution < -0.4 is 14.5 Å². The molecule has 0 spiro atoms. The molecule has 0 atom stereocenters.